The van der Waals surface area contributed by atoms with E-state index < -0.39 is 0 Å². The Labute approximate surface area is 162 Å². The van der Waals surface area contributed by atoms with E-state index in [1.54, 1.807) is 25.4 Å². The van der Waals surface area contributed by atoms with Crippen LogP contribution in [0.5, 0.6) is 0 Å². The van der Waals surface area contributed by atoms with E-state index in [-0.39, 0.29) is 18.2 Å². The second-order valence-electron chi connectivity index (χ2n) is 6.65. The first-order valence-corrected chi connectivity index (χ1v) is 9.11. The number of carbonyl (C=O) groups excluding carboxylic acids is 2. The lowest BCUT2D eigenvalue weighted by atomic mass is 10.0. The molecular weight excluding hydrogens is 352 g/mol. The molecule has 4 aromatic rings. The fourth-order valence-electron chi connectivity index (χ4n) is 3.36. The molecule has 0 spiro atoms. The molecule has 0 aliphatic heterocycles. The number of nitrogens with one attached hydrogen (secondary N) is 2. The molecule has 0 saturated heterocycles. The Morgan fingerprint density at radius 1 is 0.964 bits per heavy atom. The highest BCUT2D eigenvalue weighted by Crippen LogP contribution is 2.30. The first kappa shape index (κ1) is 17.8. The van der Waals surface area contributed by atoms with Crippen molar-refractivity contribution < 1.29 is 14.0 Å². The Bertz CT molecular complexity index is 1160. The van der Waals surface area contributed by atoms with E-state index >= 15 is 0 Å². The van der Waals surface area contributed by atoms with Gasteiger partial charge in [0.2, 0.25) is 5.91 Å². The zero-order valence-corrected chi connectivity index (χ0v) is 15.5. The van der Waals surface area contributed by atoms with E-state index in [1.165, 1.54) is 0 Å². The highest BCUT2D eigenvalue weighted by atomic mass is 16.3. The van der Waals surface area contributed by atoms with Gasteiger partial charge in [0.1, 0.15) is 5.58 Å². The zero-order chi connectivity index (χ0) is 19.5. The first-order valence-electron chi connectivity index (χ1n) is 9.11. The van der Waals surface area contributed by atoms with Crippen LogP contribution in [0.1, 0.15) is 21.5 Å². The SMILES string of the molecule is CNC(=O)c1ccc(CNC(=O)Cc2coc3ccc4ccccc4c23)cc1. The second kappa shape index (κ2) is 7.56. The van der Waals surface area contributed by atoms with Crippen LogP contribution < -0.4 is 10.6 Å². The van der Waals surface area contributed by atoms with Crippen molar-refractivity contribution in [3.63, 3.8) is 0 Å². The molecule has 0 fully saturated rings. The summed E-state index contributed by atoms with van der Waals surface area (Å²) >= 11 is 0. The van der Waals surface area contributed by atoms with Gasteiger partial charge in [-0.15, -0.1) is 0 Å². The normalized spacial score (nSPS) is 10.9. The molecule has 1 aromatic heterocycles. The van der Waals surface area contributed by atoms with Gasteiger partial charge in [-0.1, -0.05) is 42.5 Å². The minimum absolute atomic E-state index is 0.0778. The molecule has 4 rings (SSSR count). The summed E-state index contributed by atoms with van der Waals surface area (Å²) in [6, 6.07) is 19.2. The van der Waals surface area contributed by atoms with Crippen LogP contribution in [-0.4, -0.2) is 18.9 Å². The van der Waals surface area contributed by atoms with Gasteiger partial charge in [-0.05, 0) is 34.5 Å². The fraction of sp³-hybridized carbons (Fsp3) is 0.130. The highest BCUT2D eigenvalue weighted by molar-refractivity contribution is 6.08. The summed E-state index contributed by atoms with van der Waals surface area (Å²) < 4.78 is 5.65. The van der Waals surface area contributed by atoms with Crippen molar-refractivity contribution in [2.45, 2.75) is 13.0 Å². The maximum atomic E-state index is 12.5. The minimum atomic E-state index is -0.130. The molecule has 28 heavy (non-hydrogen) atoms. The van der Waals surface area contributed by atoms with Crippen LogP contribution >= 0.6 is 0 Å². The van der Waals surface area contributed by atoms with Gasteiger partial charge in [-0.25, -0.2) is 0 Å². The molecule has 0 bridgehead atoms. The van der Waals surface area contributed by atoms with Gasteiger partial charge in [0.15, 0.2) is 0 Å². The van der Waals surface area contributed by atoms with Crippen molar-refractivity contribution in [3.05, 3.63) is 83.6 Å². The van der Waals surface area contributed by atoms with Crippen molar-refractivity contribution in [2.24, 2.45) is 0 Å². The summed E-state index contributed by atoms with van der Waals surface area (Å²) in [5.41, 5.74) is 3.18. The van der Waals surface area contributed by atoms with Crippen LogP contribution in [0.2, 0.25) is 0 Å². The summed E-state index contributed by atoms with van der Waals surface area (Å²) in [5, 5.41) is 8.71. The molecule has 0 radical (unpaired) electrons. The Hall–Kier alpha value is -3.60. The third kappa shape index (κ3) is 3.47. The van der Waals surface area contributed by atoms with Gasteiger partial charge in [0.25, 0.3) is 5.91 Å². The molecule has 2 N–H and O–H groups in total. The molecule has 0 aliphatic carbocycles. The molecule has 0 unspecified atom stereocenters. The Morgan fingerprint density at radius 2 is 1.75 bits per heavy atom. The number of amides is 2. The smallest absolute Gasteiger partial charge is 0.251 e. The topological polar surface area (TPSA) is 71.3 Å². The monoisotopic (exact) mass is 372 g/mol. The van der Waals surface area contributed by atoms with E-state index in [1.807, 2.05) is 48.5 Å². The van der Waals surface area contributed by atoms with E-state index in [2.05, 4.69) is 10.6 Å². The average Bonchev–Trinajstić information content (AvgIpc) is 3.15. The number of furan rings is 1. The quantitative estimate of drug-likeness (QED) is 0.560. The van der Waals surface area contributed by atoms with Gasteiger partial charge >= 0.3 is 0 Å². The van der Waals surface area contributed by atoms with Crippen molar-refractivity contribution in [1.29, 1.82) is 0 Å². The molecule has 5 nitrogen and oxygen atoms in total. The predicted octanol–water partition coefficient (Wildman–Crippen LogP) is 3.80. The number of benzene rings is 3. The molecule has 0 saturated carbocycles. The summed E-state index contributed by atoms with van der Waals surface area (Å²) in [6.07, 6.45) is 1.91. The van der Waals surface area contributed by atoms with E-state index in [0.717, 1.165) is 32.9 Å². The highest BCUT2D eigenvalue weighted by Gasteiger charge is 2.13. The maximum absolute atomic E-state index is 12.5. The van der Waals surface area contributed by atoms with Crippen LogP contribution in [0.15, 0.2) is 71.3 Å². The molecule has 0 aliphatic rings. The van der Waals surface area contributed by atoms with Crippen molar-refractivity contribution in [1.82, 2.24) is 10.6 Å². The third-order valence-electron chi connectivity index (χ3n) is 4.82. The lowest BCUT2D eigenvalue weighted by Crippen LogP contribution is -2.24. The largest absolute Gasteiger partial charge is 0.464 e. The molecule has 0 atom stereocenters. The molecule has 5 heteroatoms. The molecule has 140 valence electrons. The van der Waals surface area contributed by atoms with Crippen molar-refractivity contribution in [2.75, 3.05) is 7.05 Å². The van der Waals surface area contributed by atoms with Crippen LogP contribution in [0, 0.1) is 0 Å². The molecule has 1 heterocycles. The fourth-order valence-corrected chi connectivity index (χ4v) is 3.36. The Morgan fingerprint density at radius 3 is 2.54 bits per heavy atom. The van der Waals surface area contributed by atoms with Gasteiger partial charge in [0.05, 0.1) is 12.7 Å². The van der Waals surface area contributed by atoms with Gasteiger partial charge in [-0.3, -0.25) is 9.59 Å². The van der Waals surface area contributed by atoms with E-state index in [0.29, 0.717) is 12.1 Å². The van der Waals surface area contributed by atoms with Gasteiger partial charge in [0, 0.05) is 30.1 Å². The number of fused-ring (bicyclic) bond motifs is 3. The number of hydrogen-bond donors (Lipinski definition) is 2. The average molecular weight is 372 g/mol. The van der Waals surface area contributed by atoms with E-state index in [9.17, 15) is 9.59 Å². The van der Waals surface area contributed by atoms with Crippen molar-refractivity contribution >= 4 is 33.6 Å². The minimum Gasteiger partial charge on any atom is -0.464 e. The van der Waals surface area contributed by atoms with Crippen LogP contribution in [0.3, 0.4) is 0 Å². The number of rotatable bonds is 5. The predicted molar refractivity (Wildman–Crippen MR) is 109 cm³/mol. The summed E-state index contributed by atoms with van der Waals surface area (Å²) in [4.78, 5) is 24.0. The third-order valence-corrected chi connectivity index (χ3v) is 4.82. The lowest BCUT2D eigenvalue weighted by Gasteiger charge is -2.07. The van der Waals surface area contributed by atoms with Crippen LogP contribution in [0.25, 0.3) is 21.7 Å². The van der Waals surface area contributed by atoms with Gasteiger partial charge in [-0.2, -0.15) is 0 Å². The Balaban J connectivity index is 1.47. The van der Waals surface area contributed by atoms with Crippen molar-refractivity contribution in [3.8, 4) is 0 Å². The number of hydrogen-bond acceptors (Lipinski definition) is 3. The van der Waals surface area contributed by atoms with Gasteiger partial charge < -0.3 is 15.1 Å². The van der Waals surface area contributed by atoms with Crippen LogP contribution in [-0.2, 0) is 17.8 Å². The molecular formula is C23H20N2O3. The summed E-state index contributed by atoms with van der Waals surface area (Å²) in [7, 11) is 1.60. The molecule has 2 amide bonds. The zero-order valence-electron chi connectivity index (χ0n) is 15.5. The standard InChI is InChI=1S/C23H20N2O3/c1-24-23(27)17-8-6-15(7-9-17)13-25-21(26)12-18-14-28-20-11-10-16-4-2-3-5-19(16)22(18)20/h2-11,14H,12-13H2,1H3,(H,24,27)(H,25,26). The summed E-state index contributed by atoms with van der Waals surface area (Å²) in [6.45, 7) is 0.406. The Kier molecular flexibility index (Phi) is 4.81. The molecule has 3 aromatic carbocycles. The van der Waals surface area contributed by atoms with E-state index in [4.69, 9.17) is 4.42 Å². The lowest BCUT2D eigenvalue weighted by molar-refractivity contribution is -0.120. The summed E-state index contributed by atoms with van der Waals surface area (Å²) in [5.74, 6) is -0.208. The first-order chi connectivity index (χ1) is 13.7. The second-order valence-corrected chi connectivity index (χ2v) is 6.65. The van der Waals surface area contributed by atoms with Crippen LogP contribution in [0.4, 0.5) is 0 Å². The maximum Gasteiger partial charge on any atom is 0.251 e. The number of carbonyl (C=O) groups is 2.